The largest absolute Gasteiger partial charge is 0.306 e. The van der Waals surface area contributed by atoms with Gasteiger partial charge in [0.1, 0.15) is 5.82 Å². The molecular weight excluding hydrogens is 323 g/mol. The fraction of sp³-hybridized carbons (Fsp3) is 0. The quantitative estimate of drug-likeness (QED) is 0.472. The first kappa shape index (κ1) is 13.8. The Morgan fingerprint density at radius 3 is 2.72 bits per heavy atom. The number of benzene rings is 2. The van der Waals surface area contributed by atoms with Crippen LogP contribution < -0.4 is 5.56 Å². The molecule has 0 saturated heterocycles. The van der Waals surface area contributed by atoms with Crippen LogP contribution in [0.15, 0.2) is 59.9 Å². The van der Waals surface area contributed by atoms with E-state index in [1.807, 2.05) is 0 Å². The molecule has 0 unspecified atom stereocenters. The second-order valence-electron chi connectivity index (χ2n) is 5.74. The summed E-state index contributed by atoms with van der Waals surface area (Å²) in [5.74, 6) is -0.984. The zero-order valence-corrected chi connectivity index (χ0v) is 12.7. The Hall–Kier alpha value is -3.61. The Balaban J connectivity index is 1.82. The Morgan fingerprint density at radius 2 is 1.92 bits per heavy atom. The molecule has 0 radical (unpaired) electrons. The van der Waals surface area contributed by atoms with E-state index in [1.54, 1.807) is 41.5 Å². The van der Waals surface area contributed by atoms with Crippen LogP contribution in [0.1, 0.15) is 16.2 Å². The predicted molar refractivity (Wildman–Crippen MR) is 87.9 cm³/mol. The maximum Gasteiger partial charge on any atom is 0.266 e. The van der Waals surface area contributed by atoms with Gasteiger partial charge in [0.05, 0.1) is 28.5 Å². The van der Waals surface area contributed by atoms with Crippen molar-refractivity contribution in [2.45, 2.75) is 0 Å². The third-order valence-corrected chi connectivity index (χ3v) is 4.30. The van der Waals surface area contributed by atoms with E-state index in [1.165, 1.54) is 16.7 Å². The van der Waals surface area contributed by atoms with E-state index in [2.05, 4.69) is 9.97 Å². The molecule has 0 bridgehead atoms. The number of hydrogen-bond donors (Lipinski definition) is 0. The molecular formula is C18H9FN4O2. The maximum absolute atomic E-state index is 13.5. The maximum atomic E-state index is 13.5. The lowest BCUT2D eigenvalue weighted by molar-refractivity contribution is 0.103. The van der Waals surface area contributed by atoms with E-state index in [0.717, 1.165) is 11.8 Å². The summed E-state index contributed by atoms with van der Waals surface area (Å²) in [5.41, 5.74) is 1.34. The molecule has 0 amide bonds. The van der Waals surface area contributed by atoms with Crippen molar-refractivity contribution >= 4 is 16.7 Å². The third-order valence-electron chi connectivity index (χ3n) is 4.30. The number of imidazole rings is 1. The average Bonchev–Trinajstić information content (AvgIpc) is 3.23. The van der Waals surface area contributed by atoms with Crippen LogP contribution in [0.25, 0.3) is 22.3 Å². The molecule has 2 aromatic heterocycles. The van der Waals surface area contributed by atoms with Crippen molar-refractivity contribution in [2.75, 3.05) is 0 Å². The number of ketones is 1. The molecule has 2 aromatic carbocycles. The van der Waals surface area contributed by atoms with Crippen LogP contribution in [0, 0.1) is 5.82 Å². The third kappa shape index (κ3) is 1.83. The standard InChI is InChI=1S/C18H9FN4O2/c19-10-1-4-15-13(7-10)16(24)17-21-14-8-11(22-6-5-20-9-22)2-3-12(14)18(25)23(15)17/h1-9H. The van der Waals surface area contributed by atoms with Crippen LogP contribution in [-0.2, 0) is 0 Å². The van der Waals surface area contributed by atoms with Crippen molar-refractivity contribution in [3.63, 3.8) is 0 Å². The smallest absolute Gasteiger partial charge is 0.266 e. The summed E-state index contributed by atoms with van der Waals surface area (Å²) in [6.45, 7) is 0. The Labute approximate surface area is 139 Å². The number of carbonyl (C=O) groups is 1. The van der Waals surface area contributed by atoms with E-state index >= 15 is 0 Å². The molecule has 0 atom stereocenters. The van der Waals surface area contributed by atoms with Gasteiger partial charge in [-0.2, -0.15) is 0 Å². The van der Waals surface area contributed by atoms with E-state index in [-0.39, 0.29) is 16.9 Å². The predicted octanol–water partition coefficient (Wildman–Crippen LogP) is 2.25. The molecule has 7 heteroatoms. The normalized spacial score (nSPS) is 12.4. The highest BCUT2D eigenvalue weighted by Crippen LogP contribution is 2.27. The van der Waals surface area contributed by atoms with Crippen molar-refractivity contribution in [2.24, 2.45) is 0 Å². The topological polar surface area (TPSA) is 69.8 Å². The number of carbonyl (C=O) groups excluding carboxylic acids is 1. The van der Waals surface area contributed by atoms with Crippen LogP contribution in [0.4, 0.5) is 4.39 Å². The number of rotatable bonds is 1. The molecule has 1 aliphatic heterocycles. The van der Waals surface area contributed by atoms with Crippen LogP contribution in [-0.4, -0.2) is 24.9 Å². The van der Waals surface area contributed by atoms with Gasteiger partial charge in [-0.05, 0) is 36.4 Å². The molecule has 0 spiro atoms. The molecule has 6 nitrogen and oxygen atoms in total. The summed E-state index contributed by atoms with van der Waals surface area (Å²) in [6, 6.07) is 8.94. The lowest BCUT2D eigenvalue weighted by Gasteiger charge is -2.07. The SMILES string of the molecule is O=C1c2cc(F)ccc2-n2c1nc1cc(-n3ccnc3)ccc1c2=O. The Bertz CT molecular complexity index is 1240. The fourth-order valence-corrected chi connectivity index (χ4v) is 3.13. The first-order valence-electron chi connectivity index (χ1n) is 7.53. The Kier molecular flexibility index (Phi) is 2.59. The number of nitrogens with zero attached hydrogens (tertiary/aromatic N) is 4. The zero-order chi connectivity index (χ0) is 17.1. The van der Waals surface area contributed by atoms with Crippen molar-refractivity contribution in [1.29, 1.82) is 0 Å². The molecule has 4 aromatic rings. The molecule has 0 N–H and O–H groups in total. The molecule has 1 aliphatic rings. The summed E-state index contributed by atoms with van der Waals surface area (Å²) < 4.78 is 16.5. The zero-order valence-electron chi connectivity index (χ0n) is 12.7. The molecule has 0 saturated carbocycles. The number of fused-ring (bicyclic) bond motifs is 4. The summed E-state index contributed by atoms with van der Waals surface area (Å²) in [4.78, 5) is 33.8. The fourth-order valence-electron chi connectivity index (χ4n) is 3.13. The van der Waals surface area contributed by atoms with E-state index in [4.69, 9.17) is 0 Å². The number of hydrogen-bond acceptors (Lipinski definition) is 4. The number of aromatic nitrogens is 4. The van der Waals surface area contributed by atoms with Crippen molar-refractivity contribution in [3.05, 3.63) is 82.7 Å². The van der Waals surface area contributed by atoms with E-state index in [0.29, 0.717) is 16.6 Å². The van der Waals surface area contributed by atoms with Gasteiger partial charge in [-0.1, -0.05) is 0 Å². The summed E-state index contributed by atoms with van der Waals surface area (Å²) >= 11 is 0. The summed E-state index contributed by atoms with van der Waals surface area (Å²) in [6.07, 6.45) is 5.04. The van der Waals surface area contributed by atoms with Gasteiger partial charge in [-0.15, -0.1) is 0 Å². The second-order valence-corrected chi connectivity index (χ2v) is 5.74. The Morgan fingerprint density at radius 1 is 1.04 bits per heavy atom. The molecule has 120 valence electrons. The molecule has 0 aliphatic carbocycles. The minimum Gasteiger partial charge on any atom is -0.306 e. The van der Waals surface area contributed by atoms with Crippen molar-refractivity contribution in [3.8, 4) is 11.4 Å². The van der Waals surface area contributed by atoms with Gasteiger partial charge in [0.2, 0.25) is 5.78 Å². The highest BCUT2D eigenvalue weighted by atomic mass is 19.1. The summed E-state index contributed by atoms with van der Waals surface area (Å²) in [7, 11) is 0. The number of halogens is 1. The summed E-state index contributed by atoms with van der Waals surface area (Å²) in [5, 5.41) is 0.387. The van der Waals surface area contributed by atoms with Gasteiger partial charge >= 0.3 is 0 Å². The average molecular weight is 332 g/mol. The van der Waals surface area contributed by atoms with E-state index < -0.39 is 11.6 Å². The highest BCUT2D eigenvalue weighted by Gasteiger charge is 2.30. The molecule has 25 heavy (non-hydrogen) atoms. The minimum absolute atomic E-state index is 0.000816. The van der Waals surface area contributed by atoms with Gasteiger partial charge in [-0.3, -0.25) is 14.2 Å². The van der Waals surface area contributed by atoms with Crippen molar-refractivity contribution < 1.29 is 9.18 Å². The van der Waals surface area contributed by atoms with Crippen LogP contribution >= 0.6 is 0 Å². The second kappa shape index (κ2) is 4.70. The first-order chi connectivity index (χ1) is 12.1. The lowest BCUT2D eigenvalue weighted by Crippen LogP contribution is -2.21. The van der Waals surface area contributed by atoms with Crippen molar-refractivity contribution in [1.82, 2.24) is 19.1 Å². The minimum atomic E-state index is -0.528. The first-order valence-corrected chi connectivity index (χ1v) is 7.53. The van der Waals surface area contributed by atoms with Crippen LogP contribution in [0.2, 0.25) is 0 Å². The van der Waals surface area contributed by atoms with Gasteiger partial charge in [0.25, 0.3) is 5.56 Å². The highest BCUT2D eigenvalue weighted by molar-refractivity contribution is 6.13. The van der Waals surface area contributed by atoms with Crippen LogP contribution in [0.3, 0.4) is 0 Å². The monoisotopic (exact) mass is 332 g/mol. The molecule has 0 fully saturated rings. The van der Waals surface area contributed by atoms with Gasteiger partial charge in [0.15, 0.2) is 5.82 Å². The lowest BCUT2D eigenvalue weighted by atomic mass is 10.1. The molecule has 5 rings (SSSR count). The van der Waals surface area contributed by atoms with Gasteiger partial charge in [0, 0.05) is 18.1 Å². The van der Waals surface area contributed by atoms with Gasteiger partial charge in [-0.25, -0.2) is 14.4 Å². The molecule has 3 heterocycles. The van der Waals surface area contributed by atoms with Crippen LogP contribution in [0.5, 0.6) is 0 Å². The van der Waals surface area contributed by atoms with E-state index in [9.17, 15) is 14.0 Å². The van der Waals surface area contributed by atoms with Gasteiger partial charge < -0.3 is 4.57 Å².